The molecule has 3 aromatic rings. The van der Waals surface area contributed by atoms with E-state index in [1.54, 1.807) is 37.3 Å². The van der Waals surface area contributed by atoms with Crippen molar-refractivity contribution < 1.29 is 22.9 Å². The van der Waals surface area contributed by atoms with E-state index >= 15 is 0 Å². The molecule has 0 bridgehead atoms. The molecule has 0 aliphatic carbocycles. The number of anilines is 1. The summed E-state index contributed by atoms with van der Waals surface area (Å²) >= 11 is 6.27. The number of para-hydroxylation sites is 1. The van der Waals surface area contributed by atoms with Crippen molar-refractivity contribution in [1.29, 1.82) is 0 Å². The molecule has 0 aliphatic heterocycles. The minimum Gasteiger partial charge on any atom is -0.292 e. The molecule has 0 saturated carbocycles. The number of hydrazine groups is 1. The number of halogens is 4. The lowest BCUT2D eigenvalue weighted by Gasteiger charge is -2.11. The van der Waals surface area contributed by atoms with E-state index in [0.29, 0.717) is 17.8 Å². The Hall–Kier alpha value is -3.60. The molecule has 12 heteroatoms. The van der Waals surface area contributed by atoms with Gasteiger partial charge in [0.1, 0.15) is 16.4 Å². The maximum atomic E-state index is 12.8. The van der Waals surface area contributed by atoms with Crippen LogP contribution in [-0.2, 0) is 6.18 Å². The molecule has 1 heterocycles. The second kappa shape index (κ2) is 8.03. The van der Waals surface area contributed by atoms with E-state index in [1.165, 1.54) is 4.68 Å². The van der Waals surface area contributed by atoms with Crippen LogP contribution < -0.4 is 10.9 Å². The van der Waals surface area contributed by atoms with Crippen LogP contribution in [0.2, 0.25) is 5.15 Å². The second-order valence-electron chi connectivity index (χ2n) is 6.06. The maximum Gasteiger partial charge on any atom is 0.416 e. The fourth-order valence-corrected chi connectivity index (χ4v) is 3.01. The molecule has 30 heavy (non-hydrogen) atoms. The first-order valence-corrected chi connectivity index (χ1v) is 8.70. The first-order chi connectivity index (χ1) is 14.1. The number of hydrogen-bond donors (Lipinski definition) is 2. The molecule has 0 spiro atoms. The number of nitrogens with one attached hydrogen (secondary N) is 2. The average molecular weight is 440 g/mol. The fourth-order valence-electron chi connectivity index (χ4n) is 2.65. The predicted molar refractivity (Wildman–Crippen MR) is 102 cm³/mol. The number of rotatable bonds is 5. The van der Waals surface area contributed by atoms with E-state index in [9.17, 15) is 28.1 Å². The van der Waals surface area contributed by atoms with Gasteiger partial charge in [0.25, 0.3) is 11.6 Å². The van der Waals surface area contributed by atoms with Crippen molar-refractivity contribution in [3.05, 3.63) is 80.6 Å². The van der Waals surface area contributed by atoms with E-state index in [4.69, 9.17) is 11.6 Å². The molecule has 0 fully saturated rings. The summed E-state index contributed by atoms with van der Waals surface area (Å²) < 4.78 is 39.7. The first kappa shape index (κ1) is 21.1. The van der Waals surface area contributed by atoms with Crippen LogP contribution in [-0.4, -0.2) is 20.6 Å². The van der Waals surface area contributed by atoms with E-state index in [2.05, 4.69) is 16.0 Å². The number of aromatic nitrogens is 2. The van der Waals surface area contributed by atoms with Gasteiger partial charge in [0, 0.05) is 6.07 Å². The Labute approximate surface area is 172 Å². The number of nitro benzene ring substituents is 1. The molecule has 1 aromatic heterocycles. The second-order valence-corrected chi connectivity index (χ2v) is 6.42. The van der Waals surface area contributed by atoms with Crippen LogP contribution >= 0.6 is 11.6 Å². The number of benzene rings is 2. The molecular formula is C18H13ClF3N5O3. The molecule has 0 unspecified atom stereocenters. The lowest BCUT2D eigenvalue weighted by Crippen LogP contribution is -2.30. The average Bonchev–Trinajstić information content (AvgIpc) is 3.00. The minimum atomic E-state index is -4.75. The summed E-state index contributed by atoms with van der Waals surface area (Å²) in [4.78, 5) is 22.7. The highest BCUT2D eigenvalue weighted by Crippen LogP contribution is 2.34. The van der Waals surface area contributed by atoms with Crippen molar-refractivity contribution in [1.82, 2.24) is 15.2 Å². The van der Waals surface area contributed by atoms with Crippen LogP contribution in [0.3, 0.4) is 0 Å². The van der Waals surface area contributed by atoms with Crippen LogP contribution in [0.5, 0.6) is 0 Å². The van der Waals surface area contributed by atoms with Gasteiger partial charge in [-0.25, -0.2) is 4.68 Å². The molecule has 0 atom stereocenters. The summed E-state index contributed by atoms with van der Waals surface area (Å²) in [7, 11) is 0. The van der Waals surface area contributed by atoms with Gasteiger partial charge in [-0.15, -0.1) is 0 Å². The SMILES string of the molecule is Cc1nn(-c2ccccc2)c(Cl)c1C(=O)NNc1ccc(C(F)(F)F)cc1[N+](=O)[O-]. The van der Waals surface area contributed by atoms with Crippen LogP contribution in [0, 0.1) is 17.0 Å². The number of carbonyl (C=O) groups is 1. The van der Waals surface area contributed by atoms with Crippen molar-refractivity contribution in [2.45, 2.75) is 13.1 Å². The highest BCUT2D eigenvalue weighted by atomic mass is 35.5. The quantitative estimate of drug-likeness (QED) is 0.449. The van der Waals surface area contributed by atoms with Gasteiger partial charge in [0.2, 0.25) is 0 Å². The standard InChI is InChI=1S/C18H13ClF3N5O3/c1-10-15(16(19)26(25-10)12-5-3-2-4-6-12)17(28)24-23-13-8-7-11(18(20,21)22)9-14(13)27(29)30/h2-9,23H,1H3,(H,24,28). The van der Waals surface area contributed by atoms with Gasteiger partial charge in [-0.1, -0.05) is 29.8 Å². The zero-order valence-corrected chi connectivity index (χ0v) is 16.0. The smallest absolute Gasteiger partial charge is 0.292 e. The monoisotopic (exact) mass is 439 g/mol. The van der Waals surface area contributed by atoms with E-state index in [-0.39, 0.29) is 22.1 Å². The molecule has 3 rings (SSSR count). The number of carbonyl (C=O) groups excluding carboxylic acids is 1. The normalized spacial score (nSPS) is 11.2. The van der Waals surface area contributed by atoms with E-state index < -0.39 is 28.3 Å². The third-order valence-corrected chi connectivity index (χ3v) is 4.41. The number of nitrogens with zero attached hydrogens (tertiary/aromatic N) is 3. The number of hydrogen-bond acceptors (Lipinski definition) is 5. The molecule has 2 N–H and O–H groups in total. The summed E-state index contributed by atoms with van der Waals surface area (Å²) in [6.45, 7) is 1.54. The number of nitro groups is 1. The topological polar surface area (TPSA) is 102 Å². The third kappa shape index (κ3) is 4.20. The van der Waals surface area contributed by atoms with E-state index in [1.807, 2.05) is 0 Å². The van der Waals surface area contributed by atoms with Gasteiger partial charge in [0.05, 0.1) is 21.9 Å². The zero-order valence-electron chi connectivity index (χ0n) is 15.2. The van der Waals surface area contributed by atoms with Crippen molar-refractivity contribution in [2.24, 2.45) is 0 Å². The zero-order chi connectivity index (χ0) is 22.1. The summed E-state index contributed by atoms with van der Waals surface area (Å²) in [5.74, 6) is -0.770. The van der Waals surface area contributed by atoms with Crippen LogP contribution in [0.4, 0.5) is 24.5 Å². The van der Waals surface area contributed by atoms with Crippen LogP contribution in [0.15, 0.2) is 48.5 Å². The lowest BCUT2D eigenvalue weighted by molar-refractivity contribution is -0.384. The number of aryl methyl sites for hydroxylation is 1. The summed E-state index contributed by atoms with van der Waals surface area (Å²) in [6.07, 6.45) is -4.75. The van der Waals surface area contributed by atoms with Crippen molar-refractivity contribution >= 4 is 28.9 Å². The van der Waals surface area contributed by atoms with Crippen molar-refractivity contribution in [3.8, 4) is 5.69 Å². The predicted octanol–water partition coefficient (Wildman–Crippen LogP) is 4.52. The Balaban J connectivity index is 1.85. The van der Waals surface area contributed by atoms with Crippen molar-refractivity contribution in [3.63, 3.8) is 0 Å². The van der Waals surface area contributed by atoms with Crippen LogP contribution in [0.25, 0.3) is 5.69 Å². The highest BCUT2D eigenvalue weighted by molar-refractivity contribution is 6.33. The molecule has 2 aromatic carbocycles. The Morgan fingerprint density at radius 2 is 1.87 bits per heavy atom. The van der Waals surface area contributed by atoms with Gasteiger partial charge in [0.15, 0.2) is 0 Å². The van der Waals surface area contributed by atoms with Gasteiger partial charge >= 0.3 is 6.18 Å². The number of alkyl halides is 3. The molecule has 1 amide bonds. The number of amides is 1. The molecule has 8 nitrogen and oxygen atoms in total. The van der Waals surface area contributed by atoms with Gasteiger partial charge < -0.3 is 0 Å². The van der Waals surface area contributed by atoms with Gasteiger partial charge in [-0.05, 0) is 31.2 Å². The lowest BCUT2D eigenvalue weighted by atomic mass is 10.1. The molecule has 0 aliphatic rings. The minimum absolute atomic E-state index is 0.0000749. The first-order valence-electron chi connectivity index (χ1n) is 8.32. The summed E-state index contributed by atoms with van der Waals surface area (Å²) in [6, 6.07) is 10.6. The van der Waals surface area contributed by atoms with Crippen molar-refractivity contribution in [2.75, 3.05) is 5.43 Å². The highest BCUT2D eigenvalue weighted by Gasteiger charge is 2.33. The Bertz CT molecular complexity index is 1120. The van der Waals surface area contributed by atoms with Gasteiger partial charge in [-0.3, -0.25) is 25.8 Å². The van der Waals surface area contributed by atoms with Crippen LogP contribution in [0.1, 0.15) is 21.6 Å². The third-order valence-electron chi connectivity index (χ3n) is 4.06. The fraction of sp³-hybridized carbons (Fsp3) is 0.111. The molecule has 0 saturated heterocycles. The Morgan fingerprint density at radius 3 is 2.47 bits per heavy atom. The molecule has 0 radical (unpaired) electrons. The van der Waals surface area contributed by atoms with Gasteiger partial charge in [-0.2, -0.15) is 18.3 Å². The Kier molecular flexibility index (Phi) is 5.65. The Morgan fingerprint density at radius 1 is 1.20 bits per heavy atom. The molecular weight excluding hydrogens is 427 g/mol. The maximum absolute atomic E-state index is 12.8. The summed E-state index contributed by atoms with van der Waals surface area (Å²) in [5.41, 5.74) is 3.00. The van der Waals surface area contributed by atoms with E-state index in [0.717, 1.165) is 6.07 Å². The molecule has 156 valence electrons. The largest absolute Gasteiger partial charge is 0.416 e. The summed E-state index contributed by atoms with van der Waals surface area (Å²) in [5, 5.41) is 15.3.